The van der Waals surface area contributed by atoms with Crippen LogP contribution in [0.5, 0.6) is 11.5 Å². The van der Waals surface area contributed by atoms with Crippen LogP contribution in [0.4, 0.5) is 13.9 Å². The number of benzene rings is 2. The van der Waals surface area contributed by atoms with Crippen LogP contribution >= 0.6 is 11.5 Å². The predicted molar refractivity (Wildman–Crippen MR) is 108 cm³/mol. The minimum Gasteiger partial charge on any atom is -0.497 e. The molecule has 0 bridgehead atoms. The Morgan fingerprint density at radius 1 is 1.06 bits per heavy atom. The molecule has 2 aromatic carbocycles. The van der Waals surface area contributed by atoms with Gasteiger partial charge in [0, 0.05) is 28.7 Å². The van der Waals surface area contributed by atoms with E-state index < -0.39 is 12.5 Å². The molecule has 31 heavy (non-hydrogen) atoms. The van der Waals surface area contributed by atoms with Crippen molar-refractivity contribution in [1.29, 1.82) is 0 Å². The van der Waals surface area contributed by atoms with E-state index in [2.05, 4.69) is 24.6 Å². The quantitative estimate of drug-likeness (QED) is 0.440. The lowest BCUT2D eigenvalue weighted by Gasteiger charge is -2.03. The summed E-state index contributed by atoms with van der Waals surface area (Å²) in [6.07, 6.45) is 0. The lowest BCUT2D eigenvalue weighted by molar-refractivity contribution is -0.0498. The Balaban J connectivity index is 1.42. The number of anilines is 1. The number of nitrogens with one attached hydrogen (secondary N) is 1. The first-order valence-corrected chi connectivity index (χ1v) is 9.60. The number of ether oxygens (including phenoxy) is 2. The number of carbonyl (C=O) groups excluding carboxylic acids is 1. The van der Waals surface area contributed by atoms with E-state index in [0.29, 0.717) is 22.9 Å². The summed E-state index contributed by atoms with van der Waals surface area (Å²) in [4.78, 5) is 16.7. The number of aromatic nitrogens is 3. The van der Waals surface area contributed by atoms with E-state index in [1.54, 1.807) is 43.5 Å². The zero-order valence-corrected chi connectivity index (χ0v) is 16.7. The summed E-state index contributed by atoms with van der Waals surface area (Å²) < 4.78 is 43.3. The third-order valence-corrected chi connectivity index (χ3v) is 4.73. The molecule has 0 saturated carbocycles. The number of hydrogen-bond acceptors (Lipinski definition) is 8. The van der Waals surface area contributed by atoms with Crippen molar-refractivity contribution in [3.8, 4) is 34.2 Å². The van der Waals surface area contributed by atoms with E-state index in [9.17, 15) is 13.6 Å². The van der Waals surface area contributed by atoms with E-state index in [1.165, 1.54) is 18.2 Å². The molecule has 1 N–H and O–H groups in total. The summed E-state index contributed by atoms with van der Waals surface area (Å²) in [5.41, 5.74) is 1.41. The molecular weight excluding hydrogens is 430 g/mol. The number of carbonyl (C=O) groups is 1. The molecule has 0 spiro atoms. The lowest BCUT2D eigenvalue weighted by atomic mass is 10.1. The number of halogens is 2. The predicted octanol–water partition coefficient (Wildman–Crippen LogP) is 4.72. The van der Waals surface area contributed by atoms with Crippen molar-refractivity contribution in [3.05, 3.63) is 60.3 Å². The summed E-state index contributed by atoms with van der Waals surface area (Å²) in [7, 11) is 1.57. The maximum Gasteiger partial charge on any atom is 0.387 e. The van der Waals surface area contributed by atoms with Crippen LogP contribution in [0.2, 0.25) is 0 Å². The first-order chi connectivity index (χ1) is 15.0. The van der Waals surface area contributed by atoms with Crippen LogP contribution in [0, 0.1) is 0 Å². The van der Waals surface area contributed by atoms with Crippen LogP contribution in [0.15, 0.2) is 59.1 Å². The van der Waals surface area contributed by atoms with Gasteiger partial charge in [0.05, 0.1) is 7.11 Å². The Morgan fingerprint density at radius 2 is 1.74 bits per heavy atom. The van der Waals surface area contributed by atoms with Gasteiger partial charge in [-0.1, -0.05) is 5.16 Å². The van der Waals surface area contributed by atoms with Gasteiger partial charge in [-0.2, -0.15) is 18.1 Å². The van der Waals surface area contributed by atoms with Crippen LogP contribution in [-0.4, -0.2) is 34.1 Å². The normalized spacial score (nSPS) is 10.8. The second-order valence-electron chi connectivity index (χ2n) is 6.09. The molecule has 2 aromatic heterocycles. The highest BCUT2D eigenvalue weighted by Gasteiger charge is 2.16. The molecule has 0 aliphatic rings. The number of nitrogens with zero attached hydrogens (tertiary/aromatic N) is 3. The van der Waals surface area contributed by atoms with Crippen LogP contribution in [0.25, 0.3) is 22.7 Å². The van der Waals surface area contributed by atoms with Gasteiger partial charge in [0.25, 0.3) is 5.91 Å². The largest absolute Gasteiger partial charge is 0.497 e. The Bertz CT molecular complexity index is 1180. The highest BCUT2D eigenvalue weighted by atomic mass is 32.1. The first kappa shape index (κ1) is 20.4. The van der Waals surface area contributed by atoms with Crippen molar-refractivity contribution >= 4 is 22.6 Å². The molecule has 8 nitrogen and oxygen atoms in total. The monoisotopic (exact) mass is 444 g/mol. The van der Waals surface area contributed by atoms with Crippen LogP contribution in [0.1, 0.15) is 10.5 Å². The summed E-state index contributed by atoms with van der Waals surface area (Å²) in [6.45, 7) is -2.90. The topological polar surface area (TPSA) is 99.4 Å². The molecule has 0 atom stereocenters. The van der Waals surface area contributed by atoms with Crippen molar-refractivity contribution < 1.29 is 27.6 Å². The number of methoxy groups -OCH3 is 1. The summed E-state index contributed by atoms with van der Waals surface area (Å²) in [5.74, 6) is 0.984. The van der Waals surface area contributed by atoms with E-state index in [-0.39, 0.29) is 16.6 Å². The zero-order chi connectivity index (χ0) is 21.8. The molecule has 0 saturated heterocycles. The van der Waals surface area contributed by atoms with Gasteiger partial charge in [0.15, 0.2) is 17.3 Å². The van der Waals surface area contributed by atoms with Crippen LogP contribution < -0.4 is 14.8 Å². The molecule has 4 rings (SSSR count). The van der Waals surface area contributed by atoms with Gasteiger partial charge in [-0.05, 0) is 48.5 Å². The van der Waals surface area contributed by atoms with Gasteiger partial charge in [0.1, 0.15) is 11.5 Å². The summed E-state index contributed by atoms with van der Waals surface area (Å²) in [6, 6.07) is 14.5. The average molecular weight is 444 g/mol. The minimum absolute atomic E-state index is 0.0289. The fourth-order valence-electron chi connectivity index (χ4n) is 2.61. The van der Waals surface area contributed by atoms with Gasteiger partial charge in [-0.3, -0.25) is 10.1 Å². The second kappa shape index (κ2) is 8.88. The molecule has 4 aromatic rings. The third-order valence-electron chi connectivity index (χ3n) is 4.10. The number of alkyl halides is 2. The van der Waals surface area contributed by atoms with Crippen molar-refractivity contribution in [2.24, 2.45) is 0 Å². The first-order valence-electron chi connectivity index (χ1n) is 8.83. The molecule has 1 amide bonds. The Hall–Kier alpha value is -3.86. The molecule has 2 heterocycles. The Morgan fingerprint density at radius 3 is 2.42 bits per heavy atom. The van der Waals surface area contributed by atoms with Crippen LogP contribution in [0.3, 0.4) is 0 Å². The van der Waals surface area contributed by atoms with E-state index >= 15 is 0 Å². The molecule has 0 aliphatic heterocycles. The SMILES string of the molecule is COc1ccc(-c2cc(C(=O)Nc3nc(-c4ccc(OC(F)F)cc4)ns3)no2)cc1. The van der Waals surface area contributed by atoms with Gasteiger partial charge < -0.3 is 14.0 Å². The number of rotatable bonds is 7. The fourth-order valence-corrected chi connectivity index (χ4v) is 3.20. The molecule has 0 unspecified atom stereocenters. The maximum absolute atomic E-state index is 12.4. The van der Waals surface area contributed by atoms with Crippen LogP contribution in [-0.2, 0) is 0 Å². The second-order valence-corrected chi connectivity index (χ2v) is 6.84. The number of hydrogen-bond donors (Lipinski definition) is 1. The smallest absolute Gasteiger partial charge is 0.387 e. The highest BCUT2D eigenvalue weighted by molar-refractivity contribution is 7.10. The van der Waals surface area contributed by atoms with E-state index in [4.69, 9.17) is 9.26 Å². The minimum atomic E-state index is -2.90. The Labute approximate surface area is 178 Å². The maximum atomic E-state index is 12.4. The van der Waals surface area contributed by atoms with E-state index in [1.807, 2.05) is 0 Å². The molecule has 0 aliphatic carbocycles. The van der Waals surface area contributed by atoms with Gasteiger partial charge in [-0.15, -0.1) is 0 Å². The summed E-state index contributed by atoms with van der Waals surface area (Å²) >= 11 is 0.973. The van der Waals surface area contributed by atoms with Crippen molar-refractivity contribution in [2.45, 2.75) is 6.61 Å². The van der Waals surface area contributed by atoms with Gasteiger partial charge in [-0.25, -0.2) is 0 Å². The fraction of sp³-hybridized carbons (Fsp3) is 0.100. The summed E-state index contributed by atoms with van der Waals surface area (Å²) in [5, 5.41) is 6.65. The Kier molecular flexibility index (Phi) is 5.85. The lowest BCUT2D eigenvalue weighted by Crippen LogP contribution is -2.11. The molecule has 0 radical (unpaired) electrons. The molecule has 0 fully saturated rings. The standard InChI is InChI=1S/C20H14F2N4O4S/c1-28-13-6-2-11(3-7-13)16-10-15(25-30-16)18(27)24-20-23-17(26-31-20)12-4-8-14(9-5-12)29-19(21)22/h2-10,19H,1H3,(H,23,24,26,27). The van der Waals surface area contributed by atoms with Gasteiger partial charge >= 0.3 is 6.61 Å². The van der Waals surface area contributed by atoms with Crippen molar-refractivity contribution in [2.75, 3.05) is 12.4 Å². The highest BCUT2D eigenvalue weighted by Crippen LogP contribution is 2.26. The molecule has 158 valence electrons. The molecule has 11 heteroatoms. The average Bonchev–Trinajstić information content (AvgIpc) is 3.44. The van der Waals surface area contributed by atoms with Crippen molar-refractivity contribution in [3.63, 3.8) is 0 Å². The molecular formula is C20H14F2N4O4S. The van der Waals surface area contributed by atoms with Crippen molar-refractivity contribution in [1.82, 2.24) is 14.5 Å². The number of amides is 1. The van der Waals surface area contributed by atoms with E-state index in [0.717, 1.165) is 17.1 Å². The zero-order valence-electron chi connectivity index (χ0n) is 15.9. The third kappa shape index (κ3) is 4.83. The van der Waals surface area contributed by atoms with Gasteiger partial charge in [0.2, 0.25) is 5.13 Å².